The standard InChI is InChI=1S/C20H19ClFN5O2/c1-11(19(28)13-5-3-6-14(21)17(13)22)24-20-25-15-7-2-4-12(18(15)26-20)10-23-16-8-9-29-27-16/h2-9,11,19,28H,10H2,1H3,(H,23,27)(H2,24,25,26). The highest BCUT2D eigenvalue weighted by molar-refractivity contribution is 6.30. The van der Waals surface area contributed by atoms with E-state index in [-0.39, 0.29) is 10.6 Å². The molecule has 0 saturated heterocycles. The maximum Gasteiger partial charge on any atom is 0.201 e. The van der Waals surface area contributed by atoms with E-state index in [1.807, 2.05) is 18.2 Å². The minimum absolute atomic E-state index is 0.0262. The number of aromatic nitrogens is 3. The van der Waals surface area contributed by atoms with Gasteiger partial charge in [-0.2, -0.15) is 0 Å². The smallest absolute Gasteiger partial charge is 0.201 e. The predicted molar refractivity (Wildman–Crippen MR) is 109 cm³/mol. The van der Waals surface area contributed by atoms with E-state index < -0.39 is 18.0 Å². The molecule has 2 aromatic carbocycles. The summed E-state index contributed by atoms with van der Waals surface area (Å²) in [6, 6.07) is 11.6. The van der Waals surface area contributed by atoms with Gasteiger partial charge in [0.05, 0.1) is 22.1 Å². The molecular weight excluding hydrogens is 397 g/mol. The molecule has 2 aromatic heterocycles. The Morgan fingerprint density at radius 3 is 2.86 bits per heavy atom. The molecule has 150 valence electrons. The van der Waals surface area contributed by atoms with Crippen LogP contribution in [0.3, 0.4) is 0 Å². The number of rotatable bonds is 7. The Morgan fingerprint density at radius 2 is 2.07 bits per heavy atom. The number of hydrogen-bond donors (Lipinski definition) is 4. The average molecular weight is 416 g/mol. The first-order valence-corrected chi connectivity index (χ1v) is 9.41. The Kier molecular flexibility index (Phi) is 5.37. The zero-order valence-corrected chi connectivity index (χ0v) is 16.2. The molecule has 4 aromatic rings. The summed E-state index contributed by atoms with van der Waals surface area (Å²) in [6.07, 6.45) is 0.393. The summed E-state index contributed by atoms with van der Waals surface area (Å²) >= 11 is 5.82. The van der Waals surface area contributed by atoms with Crippen LogP contribution in [0.1, 0.15) is 24.2 Å². The number of nitrogens with zero attached hydrogens (tertiary/aromatic N) is 2. The number of aliphatic hydroxyl groups excluding tert-OH is 1. The summed E-state index contributed by atoms with van der Waals surface area (Å²) in [5, 5.41) is 20.6. The highest BCUT2D eigenvalue weighted by atomic mass is 35.5. The lowest BCUT2D eigenvalue weighted by Gasteiger charge is -2.21. The molecule has 2 unspecified atom stereocenters. The van der Waals surface area contributed by atoms with Gasteiger partial charge in [0.25, 0.3) is 0 Å². The van der Waals surface area contributed by atoms with Gasteiger partial charge in [0.15, 0.2) is 5.82 Å². The van der Waals surface area contributed by atoms with Crippen LogP contribution in [0, 0.1) is 5.82 Å². The van der Waals surface area contributed by atoms with Crippen molar-refractivity contribution < 1.29 is 14.0 Å². The van der Waals surface area contributed by atoms with Crippen molar-refractivity contribution in [3.63, 3.8) is 0 Å². The minimum Gasteiger partial charge on any atom is -0.386 e. The van der Waals surface area contributed by atoms with E-state index in [1.54, 1.807) is 19.1 Å². The molecule has 0 amide bonds. The molecule has 9 heteroatoms. The second-order valence-corrected chi connectivity index (χ2v) is 7.07. The lowest BCUT2D eigenvalue weighted by atomic mass is 10.0. The number of para-hydroxylation sites is 1. The predicted octanol–water partition coefficient (Wildman–Crippen LogP) is 4.49. The molecule has 0 aliphatic carbocycles. The first-order valence-electron chi connectivity index (χ1n) is 9.03. The molecule has 0 aliphatic heterocycles. The fraction of sp³-hybridized carbons (Fsp3) is 0.200. The number of hydrogen-bond acceptors (Lipinski definition) is 6. The van der Waals surface area contributed by atoms with Gasteiger partial charge >= 0.3 is 0 Å². The molecule has 29 heavy (non-hydrogen) atoms. The van der Waals surface area contributed by atoms with Gasteiger partial charge < -0.3 is 25.2 Å². The van der Waals surface area contributed by atoms with Gasteiger partial charge in [-0.05, 0) is 24.6 Å². The van der Waals surface area contributed by atoms with Gasteiger partial charge in [-0.15, -0.1) is 0 Å². The molecule has 4 N–H and O–H groups in total. The molecule has 2 atom stereocenters. The lowest BCUT2D eigenvalue weighted by molar-refractivity contribution is 0.156. The van der Waals surface area contributed by atoms with Gasteiger partial charge in [0.1, 0.15) is 18.2 Å². The highest BCUT2D eigenvalue weighted by Crippen LogP contribution is 2.27. The third-order valence-electron chi connectivity index (χ3n) is 4.63. The van der Waals surface area contributed by atoms with E-state index in [4.69, 9.17) is 16.1 Å². The van der Waals surface area contributed by atoms with Crippen molar-refractivity contribution in [1.82, 2.24) is 15.1 Å². The van der Waals surface area contributed by atoms with Crippen LogP contribution in [-0.4, -0.2) is 26.3 Å². The molecule has 0 fully saturated rings. The van der Waals surface area contributed by atoms with Crippen LogP contribution in [0.4, 0.5) is 16.2 Å². The minimum atomic E-state index is -1.10. The number of halogens is 2. The van der Waals surface area contributed by atoms with Crippen molar-refractivity contribution in [3.8, 4) is 0 Å². The quantitative estimate of drug-likeness (QED) is 0.355. The van der Waals surface area contributed by atoms with Crippen LogP contribution in [0.25, 0.3) is 11.0 Å². The monoisotopic (exact) mass is 415 g/mol. The fourth-order valence-corrected chi connectivity index (χ4v) is 3.29. The molecule has 0 spiro atoms. The SMILES string of the molecule is CC(Nc1nc2c(CNc3ccon3)cccc2[nH]1)C(O)c1cccc(Cl)c1F. The zero-order valence-electron chi connectivity index (χ0n) is 15.5. The molecule has 0 radical (unpaired) electrons. The highest BCUT2D eigenvalue weighted by Gasteiger charge is 2.22. The number of fused-ring (bicyclic) bond motifs is 1. The maximum atomic E-state index is 14.2. The van der Waals surface area contributed by atoms with Crippen molar-refractivity contribution in [2.75, 3.05) is 10.6 Å². The summed E-state index contributed by atoms with van der Waals surface area (Å²) in [5.74, 6) is 0.486. The molecule has 2 heterocycles. The van der Waals surface area contributed by atoms with Gasteiger partial charge in [-0.25, -0.2) is 9.37 Å². The van der Waals surface area contributed by atoms with Gasteiger partial charge in [0.2, 0.25) is 5.95 Å². The van der Waals surface area contributed by atoms with Gasteiger partial charge in [0, 0.05) is 18.2 Å². The second-order valence-electron chi connectivity index (χ2n) is 6.66. The van der Waals surface area contributed by atoms with E-state index >= 15 is 0 Å². The number of H-pyrrole nitrogens is 1. The van der Waals surface area contributed by atoms with Crippen LogP contribution in [-0.2, 0) is 6.54 Å². The van der Waals surface area contributed by atoms with E-state index in [0.29, 0.717) is 18.3 Å². The summed E-state index contributed by atoms with van der Waals surface area (Å²) in [7, 11) is 0. The maximum absolute atomic E-state index is 14.2. The van der Waals surface area contributed by atoms with Crippen LogP contribution < -0.4 is 10.6 Å². The summed E-state index contributed by atoms with van der Waals surface area (Å²) in [5.41, 5.74) is 2.71. The number of anilines is 2. The van der Waals surface area contributed by atoms with Crippen LogP contribution in [0.5, 0.6) is 0 Å². The fourth-order valence-electron chi connectivity index (χ4n) is 3.10. The van der Waals surface area contributed by atoms with E-state index in [9.17, 15) is 9.50 Å². The Bertz CT molecular complexity index is 1120. The Hall–Kier alpha value is -3.10. The van der Waals surface area contributed by atoms with Crippen molar-refractivity contribution in [2.24, 2.45) is 0 Å². The van der Waals surface area contributed by atoms with E-state index in [2.05, 4.69) is 25.8 Å². The van der Waals surface area contributed by atoms with Gasteiger partial charge in [-0.1, -0.05) is 41.0 Å². The normalized spacial score (nSPS) is 13.4. The van der Waals surface area contributed by atoms with E-state index in [1.165, 1.54) is 18.4 Å². The molecule has 4 rings (SSSR count). The lowest BCUT2D eigenvalue weighted by Crippen LogP contribution is -2.25. The van der Waals surface area contributed by atoms with Crippen molar-refractivity contribution in [2.45, 2.75) is 25.6 Å². The van der Waals surface area contributed by atoms with Gasteiger partial charge in [-0.3, -0.25) is 0 Å². The number of benzene rings is 2. The number of aliphatic hydroxyl groups is 1. The molecule has 0 saturated carbocycles. The first-order chi connectivity index (χ1) is 14.0. The number of nitrogens with one attached hydrogen (secondary N) is 3. The zero-order chi connectivity index (χ0) is 20.4. The topological polar surface area (TPSA) is 99.0 Å². The number of aromatic amines is 1. The van der Waals surface area contributed by atoms with E-state index in [0.717, 1.165) is 16.6 Å². The summed E-state index contributed by atoms with van der Waals surface area (Å²) in [6.45, 7) is 2.26. The summed E-state index contributed by atoms with van der Waals surface area (Å²) in [4.78, 5) is 7.76. The molecule has 0 aliphatic rings. The molecule has 0 bridgehead atoms. The molecular formula is C20H19ClFN5O2. The summed E-state index contributed by atoms with van der Waals surface area (Å²) < 4.78 is 19.0. The third-order valence-corrected chi connectivity index (χ3v) is 4.92. The molecule has 7 nitrogen and oxygen atoms in total. The van der Waals surface area contributed by atoms with Crippen LogP contribution in [0.15, 0.2) is 53.3 Å². The average Bonchev–Trinajstić information content (AvgIpc) is 3.37. The first kappa shape index (κ1) is 19.2. The van der Waals surface area contributed by atoms with Crippen molar-refractivity contribution in [1.29, 1.82) is 0 Å². The Labute approximate surface area is 170 Å². The second kappa shape index (κ2) is 8.10. The van der Waals surface area contributed by atoms with Crippen LogP contribution >= 0.6 is 11.6 Å². The third kappa shape index (κ3) is 4.03. The van der Waals surface area contributed by atoms with Crippen molar-refractivity contribution >= 4 is 34.4 Å². The number of imidazole rings is 1. The van der Waals surface area contributed by atoms with Crippen molar-refractivity contribution in [3.05, 3.63) is 70.7 Å². The van der Waals surface area contributed by atoms with Crippen LogP contribution in [0.2, 0.25) is 5.02 Å². The Balaban J connectivity index is 1.52. The Morgan fingerprint density at radius 1 is 1.24 bits per heavy atom. The largest absolute Gasteiger partial charge is 0.386 e.